The molecule has 0 aliphatic rings. The van der Waals surface area contributed by atoms with Crippen molar-refractivity contribution in [1.29, 1.82) is 0 Å². The van der Waals surface area contributed by atoms with E-state index in [1.54, 1.807) is 22.9 Å². The third kappa shape index (κ3) is 3.96. The van der Waals surface area contributed by atoms with Gasteiger partial charge >= 0.3 is 0 Å². The van der Waals surface area contributed by atoms with Crippen LogP contribution in [0.4, 0.5) is 9.52 Å². The van der Waals surface area contributed by atoms with E-state index >= 15 is 0 Å². The first-order valence-electron chi connectivity index (χ1n) is 7.90. The molecule has 1 N–H and O–H groups in total. The summed E-state index contributed by atoms with van der Waals surface area (Å²) in [6, 6.07) is 7.95. The second-order valence-corrected chi connectivity index (χ2v) is 7.47. The number of carbonyl (C=O) groups is 1. The van der Waals surface area contributed by atoms with Crippen molar-refractivity contribution in [3.05, 3.63) is 53.6 Å². The Morgan fingerprint density at radius 1 is 1.30 bits per heavy atom. The molecule has 0 radical (unpaired) electrons. The number of aromatic nitrogens is 5. The fraction of sp³-hybridized carbons (Fsp3) is 0.118. The van der Waals surface area contributed by atoms with E-state index in [2.05, 4.69) is 25.5 Å². The fourth-order valence-corrected chi connectivity index (χ4v) is 4.00. The molecule has 136 valence electrons. The molecule has 0 saturated carbocycles. The van der Waals surface area contributed by atoms with Crippen LogP contribution in [0.2, 0.25) is 0 Å². The largest absolute Gasteiger partial charge is 0.301 e. The molecule has 0 bridgehead atoms. The number of carbonyl (C=O) groups excluding carboxylic acids is 1. The Morgan fingerprint density at radius 2 is 2.11 bits per heavy atom. The number of thiazole rings is 1. The third-order valence-corrected chi connectivity index (χ3v) is 5.39. The average Bonchev–Trinajstić information content (AvgIpc) is 3.29. The highest BCUT2D eigenvalue weighted by Crippen LogP contribution is 2.25. The van der Waals surface area contributed by atoms with Crippen molar-refractivity contribution in [3.63, 3.8) is 0 Å². The predicted octanol–water partition coefficient (Wildman–Crippen LogP) is 3.43. The van der Waals surface area contributed by atoms with Crippen LogP contribution in [0.25, 0.3) is 17.0 Å². The number of thioether (sulfide) groups is 1. The molecule has 3 aromatic heterocycles. The van der Waals surface area contributed by atoms with Crippen molar-refractivity contribution in [2.45, 2.75) is 11.9 Å². The number of aryl methyl sites for hydroxylation is 1. The molecule has 0 saturated heterocycles. The lowest BCUT2D eigenvalue weighted by atomic mass is 10.2. The molecule has 0 spiro atoms. The van der Waals surface area contributed by atoms with Crippen molar-refractivity contribution in [1.82, 2.24) is 24.6 Å². The van der Waals surface area contributed by atoms with Crippen molar-refractivity contribution in [3.8, 4) is 11.3 Å². The van der Waals surface area contributed by atoms with Crippen molar-refractivity contribution >= 4 is 39.9 Å². The number of nitrogens with zero attached hydrogens (tertiary/aromatic N) is 5. The summed E-state index contributed by atoms with van der Waals surface area (Å²) in [5.74, 6) is 0.243. The van der Waals surface area contributed by atoms with E-state index in [9.17, 15) is 9.18 Å². The molecule has 1 aromatic carbocycles. The number of halogens is 1. The highest BCUT2D eigenvalue weighted by atomic mass is 32.2. The number of nitrogens with one attached hydrogen (secondary N) is 1. The van der Waals surface area contributed by atoms with Gasteiger partial charge in [0.1, 0.15) is 12.1 Å². The summed E-state index contributed by atoms with van der Waals surface area (Å²) in [4.78, 5) is 20.9. The number of rotatable bonds is 5. The molecule has 4 aromatic rings. The summed E-state index contributed by atoms with van der Waals surface area (Å²) >= 11 is 2.69. The molecule has 4 rings (SSSR count). The smallest absolute Gasteiger partial charge is 0.255 e. The summed E-state index contributed by atoms with van der Waals surface area (Å²) in [6.07, 6.45) is 1.57. The number of benzene rings is 1. The normalized spacial score (nSPS) is 11.0. The maximum absolute atomic E-state index is 13.0. The quantitative estimate of drug-likeness (QED) is 0.408. The van der Waals surface area contributed by atoms with Gasteiger partial charge in [-0.3, -0.25) is 9.20 Å². The van der Waals surface area contributed by atoms with E-state index in [4.69, 9.17) is 0 Å². The zero-order chi connectivity index (χ0) is 18.8. The minimum Gasteiger partial charge on any atom is -0.301 e. The maximum Gasteiger partial charge on any atom is 0.255 e. The maximum atomic E-state index is 13.0. The summed E-state index contributed by atoms with van der Waals surface area (Å²) in [7, 11) is 0. The monoisotopic (exact) mass is 400 g/mol. The highest BCUT2D eigenvalue weighted by molar-refractivity contribution is 7.99. The first-order chi connectivity index (χ1) is 13.1. The first-order valence-corrected chi connectivity index (χ1v) is 9.76. The minimum atomic E-state index is -0.298. The van der Waals surface area contributed by atoms with Gasteiger partial charge in [0.05, 0.1) is 16.5 Å². The Hall–Kier alpha value is -2.85. The van der Waals surface area contributed by atoms with Crippen LogP contribution in [0.5, 0.6) is 0 Å². The number of amides is 1. The molecule has 0 atom stereocenters. The molecule has 27 heavy (non-hydrogen) atoms. The lowest BCUT2D eigenvalue weighted by Gasteiger charge is -2.05. The Bertz CT molecular complexity index is 1110. The lowest BCUT2D eigenvalue weighted by molar-refractivity contribution is -0.113. The van der Waals surface area contributed by atoms with Crippen molar-refractivity contribution in [2.75, 3.05) is 11.1 Å². The lowest BCUT2D eigenvalue weighted by Crippen LogP contribution is -2.14. The van der Waals surface area contributed by atoms with E-state index in [-0.39, 0.29) is 17.5 Å². The number of hydrogen-bond donors (Lipinski definition) is 1. The summed E-state index contributed by atoms with van der Waals surface area (Å²) < 4.78 is 14.8. The van der Waals surface area contributed by atoms with E-state index in [1.165, 1.54) is 35.2 Å². The minimum absolute atomic E-state index is 0.171. The van der Waals surface area contributed by atoms with Crippen LogP contribution in [0, 0.1) is 12.7 Å². The second kappa shape index (κ2) is 7.41. The molecule has 0 unspecified atom stereocenters. The molecule has 3 heterocycles. The molecule has 1 amide bonds. The van der Waals surface area contributed by atoms with Crippen molar-refractivity contribution in [2.24, 2.45) is 0 Å². The second-order valence-electron chi connectivity index (χ2n) is 5.62. The van der Waals surface area contributed by atoms with Gasteiger partial charge in [-0.15, -0.1) is 21.5 Å². The molecule has 0 aliphatic carbocycles. The summed E-state index contributed by atoms with van der Waals surface area (Å²) in [6.45, 7) is 1.87. The Labute approximate surface area is 161 Å². The molecule has 7 nitrogen and oxygen atoms in total. The first kappa shape index (κ1) is 17.6. The number of anilines is 1. The number of hydrogen-bond acceptors (Lipinski definition) is 7. The number of fused-ring (bicyclic) bond motifs is 1. The fourth-order valence-electron chi connectivity index (χ4n) is 2.39. The highest BCUT2D eigenvalue weighted by Gasteiger charge is 2.11. The van der Waals surface area contributed by atoms with Crippen molar-refractivity contribution < 1.29 is 9.18 Å². The Morgan fingerprint density at radius 3 is 2.93 bits per heavy atom. The van der Waals surface area contributed by atoms with E-state index in [1.807, 2.05) is 18.4 Å². The van der Waals surface area contributed by atoms with Crippen LogP contribution in [0.1, 0.15) is 5.69 Å². The molecule has 10 heteroatoms. The van der Waals surface area contributed by atoms with Gasteiger partial charge in [-0.25, -0.2) is 14.4 Å². The molecule has 0 fully saturated rings. The van der Waals surface area contributed by atoms with E-state index in [0.29, 0.717) is 16.6 Å². The van der Waals surface area contributed by atoms with Gasteiger partial charge in [-0.2, -0.15) is 0 Å². The van der Waals surface area contributed by atoms with Crippen LogP contribution in [0.3, 0.4) is 0 Å². The van der Waals surface area contributed by atoms with Gasteiger partial charge in [-0.1, -0.05) is 11.8 Å². The van der Waals surface area contributed by atoms with E-state index in [0.717, 1.165) is 16.3 Å². The van der Waals surface area contributed by atoms with E-state index < -0.39 is 0 Å². The Kier molecular flexibility index (Phi) is 4.82. The summed E-state index contributed by atoms with van der Waals surface area (Å²) in [5.41, 5.74) is 2.30. The van der Waals surface area contributed by atoms with Crippen LogP contribution >= 0.6 is 23.1 Å². The zero-order valence-electron chi connectivity index (χ0n) is 14.1. The van der Waals surface area contributed by atoms with Crippen LogP contribution in [-0.2, 0) is 4.79 Å². The Balaban J connectivity index is 1.41. The molecule has 0 aliphatic heterocycles. The van der Waals surface area contributed by atoms with Crippen LogP contribution in [-0.4, -0.2) is 36.2 Å². The van der Waals surface area contributed by atoms with Crippen LogP contribution < -0.4 is 5.32 Å². The van der Waals surface area contributed by atoms with Gasteiger partial charge in [0.15, 0.2) is 5.13 Å². The third-order valence-electron chi connectivity index (χ3n) is 3.62. The average molecular weight is 400 g/mol. The standard InChI is InChI=1S/C17H13FN6OS2/c1-10-6-15(24-9-19-23-16(24)20-10)26-8-14(25)22-17-21-13(7-27-17)11-2-4-12(18)5-3-11/h2-7,9H,8H2,1H3,(H,21,22,25). The van der Waals surface area contributed by atoms with Gasteiger partial charge in [-0.05, 0) is 37.3 Å². The summed E-state index contributed by atoms with van der Waals surface area (Å²) in [5, 5.41) is 13.7. The van der Waals surface area contributed by atoms with Crippen LogP contribution in [0.15, 0.2) is 47.1 Å². The van der Waals surface area contributed by atoms with Gasteiger partial charge in [0.25, 0.3) is 5.78 Å². The predicted molar refractivity (Wildman–Crippen MR) is 102 cm³/mol. The SMILES string of the molecule is Cc1cc(SCC(=O)Nc2nc(-c3ccc(F)cc3)cs2)n2cnnc2n1. The van der Waals surface area contributed by atoms with Gasteiger partial charge in [0.2, 0.25) is 5.91 Å². The molecular formula is C17H13FN6OS2. The van der Waals surface area contributed by atoms with Gasteiger partial charge < -0.3 is 5.32 Å². The van der Waals surface area contributed by atoms with Gasteiger partial charge in [0, 0.05) is 16.6 Å². The topological polar surface area (TPSA) is 85.1 Å². The molecular weight excluding hydrogens is 387 g/mol. The zero-order valence-corrected chi connectivity index (χ0v) is 15.7.